The maximum Gasteiger partial charge on any atom is 0.310 e. The molecule has 1 fully saturated rings. The van der Waals surface area contributed by atoms with Crippen LogP contribution in [0.2, 0.25) is 0 Å². The quantitative estimate of drug-likeness (QED) is 0.843. The Kier molecular flexibility index (Phi) is 5.39. The van der Waals surface area contributed by atoms with Crippen molar-refractivity contribution >= 4 is 21.7 Å². The third kappa shape index (κ3) is 5.29. The van der Waals surface area contributed by atoms with E-state index >= 15 is 0 Å². The highest BCUT2D eigenvalue weighted by atomic mass is 32.2. The van der Waals surface area contributed by atoms with Crippen LogP contribution in [0.5, 0.6) is 0 Å². The summed E-state index contributed by atoms with van der Waals surface area (Å²) in [6.45, 7) is 0. The molecule has 0 bridgehead atoms. The topological polar surface area (TPSA) is 72.5 Å². The highest BCUT2D eigenvalue weighted by Crippen LogP contribution is 2.21. The second kappa shape index (κ2) is 7.09. The molecule has 122 valence electrons. The molecule has 2 rings (SSSR count). The predicted octanol–water partition coefficient (Wildman–Crippen LogP) is 2.62. The van der Waals surface area contributed by atoms with Crippen molar-refractivity contribution in [1.29, 1.82) is 0 Å². The third-order valence-electron chi connectivity index (χ3n) is 3.53. The maximum atomic E-state index is 13.8. The van der Waals surface area contributed by atoms with Crippen molar-refractivity contribution in [3.05, 3.63) is 29.6 Å². The second-order valence-electron chi connectivity index (χ2n) is 5.62. The van der Waals surface area contributed by atoms with Gasteiger partial charge in [0.2, 0.25) is 10.0 Å². The average Bonchev–Trinajstić information content (AvgIpc) is 2.41. The highest BCUT2D eigenvalue weighted by molar-refractivity contribution is 7.92. The molecule has 0 heterocycles. The lowest BCUT2D eigenvalue weighted by Crippen LogP contribution is -2.22. The maximum absolute atomic E-state index is 13.8. The van der Waals surface area contributed by atoms with Gasteiger partial charge >= 0.3 is 5.97 Å². The number of hydrogen-bond acceptors (Lipinski definition) is 4. The molecule has 0 atom stereocenters. The van der Waals surface area contributed by atoms with Crippen LogP contribution in [0.3, 0.4) is 0 Å². The van der Waals surface area contributed by atoms with E-state index in [4.69, 9.17) is 4.74 Å². The SMILES string of the molecule is CS(=O)(=O)Nc1ccc(CC(=O)OC2CCCCC2)cc1F. The van der Waals surface area contributed by atoms with E-state index in [1.165, 1.54) is 18.6 Å². The van der Waals surface area contributed by atoms with Crippen molar-refractivity contribution < 1.29 is 22.3 Å². The van der Waals surface area contributed by atoms with Crippen molar-refractivity contribution in [2.24, 2.45) is 0 Å². The molecule has 0 radical (unpaired) electrons. The molecule has 0 aromatic heterocycles. The highest BCUT2D eigenvalue weighted by Gasteiger charge is 2.18. The van der Waals surface area contributed by atoms with Gasteiger partial charge in [-0.3, -0.25) is 9.52 Å². The number of esters is 1. The minimum atomic E-state index is -3.54. The molecular weight excluding hydrogens is 309 g/mol. The van der Waals surface area contributed by atoms with Crippen molar-refractivity contribution in [1.82, 2.24) is 0 Å². The van der Waals surface area contributed by atoms with Crippen LogP contribution in [0.25, 0.3) is 0 Å². The van der Waals surface area contributed by atoms with Crippen molar-refractivity contribution in [2.45, 2.75) is 44.6 Å². The number of rotatable bonds is 5. The molecule has 0 saturated heterocycles. The van der Waals surface area contributed by atoms with Gasteiger partial charge in [0, 0.05) is 0 Å². The largest absolute Gasteiger partial charge is 0.462 e. The lowest BCUT2D eigenvalue weighted by molar-refractivity contribution is -0.149. The van der Waals surface area contributed by atoms with Gasteiger partial charge in [-0.25, -0.2) is 12.8 Å². The van der Waals surface area contributed by atoms with Crippen LogP contribution < -0.4 is 4.72 Å². The van der Waals surface area contributed by atoms with Crippen LogP contribution in [0.15, 0.2) is 18.2 Å². The van der Waals surface area contributed by atoms with E-state index in [2.05, 4.69) is 4.72 Å². The number of sulfonamides is 1. The standard InChI is InChI=1S/C15H20FNO4S/c1-22(19,20)17-14-8-7-11(9-13(14)16)10-15(18)21-12-5-3-2-4-6-12/h7-9,12,17H,2-6,10H2,1H3. The summed E-state index contributed by atoms with van der Waals surface area (Å²) >= 11 is 0. The van der Waals surface area contributed by atoms with E-state index in [-0.39, 0.29) is 24.2 Å². The molecule has 1 N–H and O–H groups in total. The Morgan fingerprint density at radius 1 is 1.32 bits per heavy atom. The van der Waals surface area contributed by atoms with Gasteiger partial charge in [-0.15, -0.1) is 0 Å². The lowest BCUT2D eigenvalue weighted by atomic mass is 9.98. The molecule has 0 aliphatic heterocycles. The summed E-state index contributed by atoms with van der Waals surface area (Å²) in [6, 6.07) is 3.97. The Hall–Kier alpha value is -1.63. The zero-order valence-electron chi connectivity index (χ0n) is 12.5. The number of halogens is 1. The zero-order valence-corrected chi connectivity index (χ0v) is 13.3. The van der Waals surface area contributed by atoms with Crippen molar-refractivity contribution in [3.8, 4) is 0 Å². The molecular formula is C15H20FNO4S. The van der Waals surface area contributed by atoms with Crippen LogP contribution >= 0.6 is 0 Å². The molecule has 0 unspecified atom stereocenters. The molecule has 0 amide bonds. The van der Waals surface area contributed by atoms with Crippen LogP contribution in [0, 0.1) is 5.82 Å². The fraction of sp³-hybridized carbons (Fsp3) is 0.533. The average molecular weight is 329 g/mol. The molecule has 1 aliphatic rings. The zero-order chi connectivity index (χ0) is 16.2. The molecule has 1 aliphatic carbocycles. The Labute approximate surface area is 129 Å². The minimum Gasteiger partial charge on any atom is -0.462 e. The van der Waals surface area contributed by atoms with Gasteiger partial charge < -0.3 is 4.74 Å². The monoisotopic (exact) mass is 329 g/mol. The van der Waals surface area contributed by atoms with Gasteiger partial charge in [0.15, 0.2) is 0 Å². The Morgan fingerprint density at radius 2 is 2.00 bits per heavy atom. The van der Waals surface area contributed by atoms with Crippen LogP contribution in [-0.4, -0.2) is 26.7 Å². The molecule has 5 nitrogen and oxygen atoms in total. The number of carbonyl (C=O) groups is 1. The fourth-order valence-electron chi connectivity index (χ4n) is 2.53. The van der Waals surface area contributed by atoms with Crippen LogP contribution in [0.1, 0.15) is 37.7 Å². The van der Waals surface area contributed by atoms with Gasteiger partial charge in [-0.05, 0) is 43.4 Å². The van der Waals surface area contributed by atoms with E-state index in [1.807, 2.05) is 0 Å². The number of benzene rings is 1. The summed E-state index contributed by atoms with van der Waals surface area (Å²) in [6.07, 6.45) is 5.98. The van der Waals surface area contributed by atoms with Crippen molar-refractivity contribution in [3.63, 3.8) is 0 Å². The molecule has 0 spiro atoms. The molecule has 1 saturated carbocycles. The van der Waals surface area contributed by atoms with Gasteiger partial charge in [0.05, 0.1) is 18.4 Å². The first-order chi connectivity index (χ1) is 10.3. The van der Waals surface area contributed by atoms with Gasteiger partial charge in [0.1, 0.15) is 11.9 Å². The molecule has 7 heteroatoms. The number of ether oxygens (including phenoxy) is 1. The number of carbonyl (C=O) groups excluding carboxylic acids is 1. The van der Waals surface area contributed by atoms with Crippen LogP contribution in [-0.2, 0) is 26.0 Å². The smallest absolute Gasteiger partial charge is 0.310 e. The Morgan fingerprint density at radius 3 is 2.59 bits per heavy atom. The predicted molar refractivity (Wildman–Crippen MR) is 81.5 cm³/mol. The summed E-state index contributed by atoms with van der Waals surface area (Å²) in [5.41, 5.74) is 0.323. The second-order valence-corrected chi connectivity index (χ2v) is 7.36. The first-order valence-corrected chi connectivity index (χ1v) is 9.18. The van der Waals surface area contributed by atoms with E-state index in [0.717, 1.165) is 38.0 Å². The lowest BCUT2D eigenvalue weighted by Gasteiger charge is -2.21. The van der Waals surface area contributed by atoms with Gasteiger partial charge in [-0.1, -0.05) is 12.5 Å². The fourth-order valence-corrected chi connectivity index (χ4v) is 3.09. The summed E-state index contributed by atoms with van der Waals surface area (Å²) in [7, 11) is -3.54. The summed E-state index contributed by atoms with van der Waals surface area (Å²) < 4.78 is 43.4. The first-order valence-electron chi connectivity index (χ1n) is 7.29. The van der Waals surface area contributed by atoms with Crippen LogP contribution in [0.4, 0.5) is 10.1 Å². The minimum absolute atomic E-state index is 0.0213. The summed E-state index contributed by atoms with van der Waals surface area (Å²) in [5.74, 6) is -1.09. The molecule has 1 aromatic rings. The number of nitrogens with one attached hydrogen (secondary N) is 1. The summed E-state index contributed by atoms with van der Waals surface area (Å²) in [4.78, 5) is 11.8. The van der Waals surface area contributed by atoms with Gasteiger partial charge in [0.25, 0.3) is 0 Å². The van der Waals surface area contributed by atoms with E-state index < -0.39 is 15.8 Å². The van der Waals surface area contributed by atoms with E-state index in [1.54, 1.807) is 0 Å². The number of hydrogen-bond donors (Lipinski definition) is 1. The van der Waals surface area contributed by atoms with Crippen molar-refractivity contribution in [2.75, 3.05) is 11.0 Å². The molecule has 22 heavy (non-hydrogen) atoms. The number of anilines is 1. The third-order valence-corrected chi connectivity index (χ3v) is 4.12. The Balaban J connectivity index is 1.95. The van der Waals surface area contributed by atoms with E-state index in [9.17, 15) is 17.6 Å². The molecule has 1 aromatic carbocycles. The Bertz CT molecular complexity index is 639. The van der Waals surface area contributed by atoms with Gasteiger partial charge in [-0.2, -0.15) is 0 Å². The van der Waals surface area contributed by atoms with E-state index in [0.29, 0.717) is 5.56 Å². The summed E-state index contributed by atoms with van der Waals surface area (Å²) in [5, 5.41) is 0. The normalized spacial score (nSPS) is 16.3. The first kappa shape index (κ1) is 16.7.